The van der Waals surface area contributed by atoms with Gasteiger partial charge in [-0.25, -0.2) is 4.79 Å². The van der Waals surface area contributed by atoms with E-state index in [1.807, 2.05) is 30.3 Å². The van der Waals surface area contributed by atoms with E-state index in [2.05, 4.69) is 4.98 Å². The number of nitrogens with zero attached hydrogens (tertiary/aromatic N) is 1. The van der Waals surface area contributed by atoms with Gasteiger partial charge in [-0.2, -0.15) is 0 Å². The Morgan fingerprint density at radius 2 is 2.13 bits per heavy atom. The second-order valence-corrected chi connectivity index (χ2v) is 3.10. The van der Waals surface area contributed by atoms with Gasteiger partial charge in [0.1, 0.15) is 0 Å². The minimum atomic E-state index is -0.314. The number of esters is 1. The molecule has 0 aromatic rings. The monoisotopic (exact) mass is 201 g/mol. The zero-order valence-corrected chi connectivity index (χ0v) is 8.43. The van der Waals surface area contributed by atoms with Gasteiger partial charge < -0.3 is 4.74 Å². The summed E-state index contributed by atoms with van der Waals surface area (Å²) in [7, 11) is 0. The molecule has 76 valence electrons. The molecule has 0 fully saturated rings. The molecule has 0 spiro atoms. The van der Waals surface area contributed by atoms with Gasteiger partial charge >= 0.3 is 5.97 Å². The summed E-state index contributed by atoms with van der Waals surface area (Å²) in [6.07, 6.45) is 1.56. The Morgan fingerprint density at radius 1 is 1.33 bits per heavy atom. The Hall–Kier alpha value is -1.90. The van der Waals surface area contributed by atoms with Gasteiger partial charge in [0.2, 0.25) is 0 Å². The van der Waals surface area contributed by atoms with Crippen LogP contribution in [0.2, 0.25) is 0 Å². The smallest absolute Gasteiger partial charge is 0.340 e. The van der Waals surface area contributed by atoms with E-state index in [4.69, 9.17) is 4.74 Å². The third-order valence-corrected chi connectivity index (χ3v) is 2.13. The minimum Gasteiger partial charge on any atom is -0.462 e. The predicted molar refractivity (Wildman–Crippen MR) is 56.8 cm³/mol. The molecule has 2 rings (SSSR count). The molecule has 0 amide bonds. The van der Waals surface area contributed by atoms with Crippen LogP contribution in [-0.2, 0) is 4.74 Å². The summed E-state index contributed by atoms with van der Waals surface area (Å²) in [5.41, 5.74) is 2.17. The lowest BCUT2D eigenvalue weighted by atomic mass is 10.1. The van der Waals surface area contributed by atoms with Gasteiger partial charge in [0.15, 0.2) is 0 Å². The molecule has 0 bridgehead atoms. The second-order valence-electron chi connectivity index (χ2n) is 3.10. The topological polar surface area (TPSA) is 39.2 Å². The lowest BCUT2D eigenvalue weighted by Gasteiger charge is -1.99. The zero-order valence-electron chi connectivity index (χ0n) is 8.43. The van der Waals surface area contributed by atoms with Crippen LogP contribution < -0.4 is 0 Å². The Labute approximate surface area is 88.1 Å². The fourth-order valence-corrected chi connectivity index (χ4v) is 1.45. The third-order valence-electron chi connectivity index (χ3n) is 2.13. The van der Waals surface area contributed by atoms with Crippen LogP contribution in [0.3, 0.4) is 0 Å². The van der Waals surface area contributed by atoms with Crippen molar-refractivity contribution in [2.45, 2.75) is 6.92 Å². The van der Waals surface area contributed by atoms with Crippen molar-refractivity contribution < 1.29 is 9.53 Å². The van der Waals surface area contributed by atoms with Gasteiger partial charge in [0.05, 0.1) is 17.9 Å². The standard InChI is InChI=1S/C12H11NO2/c1-2-15-12(14)10-8-13-11-7-5-3-4-6-9(10)11/h3-8H,2H2,1H3. The Bertz CT molecular complexity index is 453. The van der Waals surface area contributed by atoms with Crippen molar-refractivity contribution in [3.05, 3.63) is 42.1 Å². The summed E-state index contributed by atoms with van der Waals surface area (Å²) >= 11 is 0. The van der Waals surface area contributed by atoms with Crippen LogP contribution in [0, 0.1) is 0 Å². The Kier molecular flexibility index (Phi) is 2.63. The van der Waals surface area contributed by atoms with Crippen molar-refractivity contribution in [3.8, 4) is 11.3 Å². The summed E-state index contributed by atoms with van der Waals surface area (Å²) in [5.74, 6) is -0.314. The van der Waals surface area contributed by atoms with Gasteiger partial charge in [-0.3, -0.25) is 4.98 Å². The summed E-state index contributed by atoms with van der Waals surface area (Å²) in [5, 5.41) is 0. The number of carbonyl (C=O) groups is 1. The molecule has 0 aromatic carbocycles. The zero-order chi connectivity index (χ0) is 10.7. The first-order valence-electron chi connectivity index (χ1n) is 4.84. The lowest BCUT2D eigenvalue weighted by Crippen LogP contribution is -2.03. The van der Waals surface area contributed by atoms with Crippen molar-refractivity contribution in [1.29, 1.82) is 0 Å². The number of hydrogen-bond donors (Lipinski definition) is 0. The van der Waals surface area contributed by atoms with E-state index in [0.717, 1.165) is 11.3 Å². The fraction of sp³-hybridized carbons (Fsp3) is 0.167. The van der Waals surface area contributed by atoms with Crippen molar-refractivity contribution in [3.63, 3.8) is 0 Å². The Morgan fingerprint density at radius 3 is 2.93 bits per heavy atom. The number of hydrogen-bond acceptors (Lipinski definition) is 3. The number of ether oxygens (including phenoxy) is 1. The van der Waals surface area contributed by atoms with Crippen molar-refractivity contribution in [1.82, 2.24) is 4.98 Å². The van der Waals surface area contributed by atoms with Crippen LogP contribution in [0.1, 0.15) is 17.3 Å². The first-order chi connectivity index (χ1) is 7.33. The van der Waals surface area contributed by atoms with Crippen LogP contribution in [0.5, 0.6) is 0 Å². The van der Waals surface area contributed by atoms with E-state index in [9.17, 15) is 4.79 Å². The molecule has 1 heterocycles. The van der Waals surface area contributed by atoms with Crippen LogP contribution in [0.15, 0.2) is 36.5 Å². The third kappa shape index (κ3) is 1.81. The molecule has 1 aliphatic carbocycles. The molecule has 0 aromatic heterocycles. The van der Waals surface area contributed by atoms with Crippen LogP contribution in [0.4, 0.5) is 0 Å². The first-order valence-corrected chi connectivity index (χ1v) is 4.84. The average molecular weight is 201 g/mol. The molecule has 3 nitrogen and oxygen atoms in total. The van der Waals surface area contributed by atoms with Crippen LogP contribution >= 0.6 is 0 Å². The molecule has 0 N–H and O–H groups in total. The quantitative estimate of drug-likeness (QED) is 0.700. The molecular formula is C12H11NO2. The highest BCUT2D eigenvalue weighted by atomic mass is 16.5. The summed E-state index contributed by atoms with van der Waals surface area (Å²) in [6, 6.07) is 9.42. The average Bonchev–Trinajstić information content (AvgIpc) is 2.48. The molecule has 0 atom stereocenters. The van der Waals surface area contributed by atoms with Crippen LogP contribution in [0.25, 0.3) is 11.3 Å². The Balaban J connectivity index is 2.44. The normalized spacial score (nSPS) is 10.2. The number of fused-ring (bicyclic) bond motifs is 1. The van der Waals surface area contributed by atoms with E-state index in [-0.39, 0.29) is 5.97 Å². The van der Waals surface area contributed by atoms with E-state index in [0.29, 0.717) is 12.2 Å². The first kappa shape index (κ1) is 9.65. The van der Waals surface area contributed by atoms with Gasteiger partial charge in [-0.15, -0.1) is 0 Å². The van der Waals surface area contributed by atoms with Gasteiger partial charge in [0, 0.05) is 11.8 Å². The maximum Gasteiger partial charge on any atom is 0.340 e. The van der Waals surface area contributed by atoms with Crippen LogP contribution in [-0.4, -0.2) is 17.6 Å². The van der Waals surface area contributed by atoms with E-state index in [1.165, 1.54) is 0 Å². The predicted octanol–water partition coefficient (Wildman–Crippen LogP) is 2.36. The highest BCUT2D eigenvalue weighted by Gasteiger charge is 2.16. The largest absolute Gasteiger partial charge is 0.462 e. The lowest BCUT2D eigenvalue weighted by molar-refractivity contribution is 0.0527. The van der Waals surface area contributed by atoms with E-state index >= 15 is 0 Å². The summed E-state index contributed by atoms with van der Waals surface area (Å²) in [6.45, 7) is 2.17. The maximum absolute atomic E-state index is 11.6. The molecule has 0 unspecified atom stereocenters. The van der Waals surface area contributed by atoms with Crippen molar-refractivity contribution in [2.24, 2.45) is 0 Å². The van der Waals surface area contributed by atoms with Gasteiger partial charge in [-0.05, 0) is 13.0 Å². The molecular weight excluding hydrogens is 190 g/mol. The molecule has 0 saturated carbocycles. The molecule has 15 heavy (non-hydrogen) atoms. The summed E-state index contributed by atoms with van der Waals surface area (Å²) in [4.78, 5) is 15.7. The van der Waals surface area contributed by atoms with Crippen molar-refractivity contribution in [2.75, 3.05) is 6.61 Å². The molecule has 2 aliphatic rings. The highest BCUT2D eigenvalue weighted by Crippen LogP contribution is 2.24. The second kappa shape index (κ2) is 4.09. The van der Waals surface area contributed by atoms with E-state index < -0.39 is 0 Å². The molecule has 0 radical (unpaired) electrons. The van der Waals surface area contributed by atoms with Crippen molar-refractivity contribution >= 4 is 5.97 Å². The van der Waals surface area contributed by atoms with E-state index in [1.54, 1.807) is 13.1 Å². The van der Waals surface area contributed by atoms with Gasteiger partial charge in [0.25, 0.3) is 0 Å². The number of aromatic nitrogens is 1. The summed E-state index contributed by atoms with van der Waals surface area (Å²) < 4.78 is 4.95. The highest BCUT2D eigenvalue weighted by molar-refractivity contribution is 5.97. The molecule has 0 saturated heterocycles. The SMILES string of the molecule is CCOC(=O)c1cnc2cccccc1-2. The fourth-order valence-electron chi connectivity index (χ4n) is 1.45. The molecule has 3 heteroatoms. The number of carbonyl (C=O) groups excluding carboxylic acids is 1. The number of rotatable bonds is 2. The maximum atomic E-state index is 11.6. The van der Waals surface area contributed by atoms with Gasteiger partial charge in [-0.1, -0.05) is 24.3 Å². The molecule has 1 aliphatic heterocycles. The minimum absolute atomic E-state index is 0.314.